The molecule has 1 aromatic heterocycles. The van der Waals surface area contributed by atoms with Crippen molar-refractivity contribution in [2.45, 2.75) is 25.3 Å². The summed E-state index contributed by atoms with van der Waals surface area (Å²) in [7, 11) is 0. The summed E-state index contributed by atoms with van der Waals surface area (Å²) >= 11 is 1.69. The molecular weight excluding hydrogens is 308 g/mol. The first-order chi connectivity index (χ1) is 11.2. The van der Waals surface area contributed by atoms with Crippen molar-refractivity contribution in [3.63, 3.8) is 0 Å². The smallest absolute Gasteiger partial charge is 0.242 e. The van der Waals surface area contributed by atoms with Crippen LogP contribution in [-0.4, -0.2) is 29.8 Å². The van der Waals surface area contributed by atoms with Crippen LogP contribution >= 0.6 is 11.3 Å². The summed E-state index contributed by atoms with van der Waals surface area (Å²) in [5.41, 5.74) is 0.954. The summed E-state index contributed by atoms with van der Waals surface area (Å²) < 4.78 is 0. The number of nitrogens with zero attached hydrogens (tertiary/aromatic N) is 1. The van der Waals surface area contributed by atoms with Gasteiger partial charge in [-0.25, -0.2) is 0 Å². The number of thiophene rings is 1. The maximum absolute atomic E-state index is 12.4. The highest BCUT2D eigenvalue weighted by atomic mass is 32.1. The molecule has 0 radical (unpaired) electrons. The lowest BCUT2D eigenvalue weighted by Crippen LogP contribution is -2.40. The predicted octanol–water partition coefficient (Wildman–Crippen LogP) is 2.77. The van der Waals surface area contributed by atoms with Crippen LogP contribution in [0.3, 0.4) is 0 Å². The van der Waals surface area contributed by atoms with Gasteiger partial charge in [-0.05, 0) is 29.9 Å². The Bertz CT molecular complexity index is 655. The second-order valence-electron chi connectivity index (χ2n) is 5.70. The molecule has 1 aliphatic rings. The lowest BCUT2D eigenvalue weighted by Gasteiger charge is -2.24. The second-order valence-corrected chi connectivity index (χ2v) is 6.68. The lowest BCUT2D eigenvalue weighted by atomic mass is 10.1. The molecule has 3 rings (SSSR count). The third-order valence-electron chi connectivity index (χ3n) is 4.09. The van der Waals surface area contributed by atoms with Gasteiger partial charge < -0.3 is 10.2 Å². The first-order valence-corrected chi connectivity index (χ1v) is 8.75. The number of hydrogen-bond acceptors (Lipinski definition) is 3. The van der Waals surface area contributed by atoms with E-state index in [-0.39, 0.29) is 24.4 Å². The lowest BCUT2D eigenvalue weighted by molar-refractivity contribution is -0.133. The van der Waals surface area contributed by atoms with E-state index in [0.29, 0.717) is 6.42 Å². The molecule has 1 N–H and O–H groups in total. The van der Waals surface area contributed by atoms with E-state index in [0.717, 1.165) is 24.9 Å². The Labute approximate surface area is 140 Å². The highest BCUT2D eigenvalue weighted by molar-refractivity contribution is 7.10. The fourth-order valence-corrected chi connectivity index (χ4v) is 3.83. The number of amides is 2. The first kappa shape index (κ1) is 15.7. The van der Waals surface area contributed by atoms with Crippen molar-refractivity contribution in [1.29, 1.82) is 0 Å². The highest BCUT2D eigenvalue weighted by Crippen LogP contribution is 2.34. The second kappa shape index (κ2) is 7.42. The molecule has 1 aliphatic heterocycles. The van der Waals surface area contributed by atoms with Crippen LogP contribution in [0.25, 0.3) is 0 Å². The van der Waals surface area contributed by atoms with Crippen LogP contribution in [-0.2, 0) is 16.0 Å². The molecule has 2 aromatic rings. The molecule has 1 aromatic carbocycles. The molecule has 1 saturated heterocycles. The Morgan fingerprint density at radius 2 is 2.00 bits per heavy atom. The van der Waals surface area contributed by atoms with Crippen molar-refractivity contribution in [2.24, 2.45) is 0 Å². The molecule has 0 bridgehead atoms. The summed E-state index contributed by atoms with van der Waals surface area (Å²) in [5, 5.41) is 4.79. The molecular formula is C18H20N2O2S. The Morgan fingerprint density at radius 3 is 2.74 bits per heavy atom. The van der Waals surface area contributed by atoms with Crippen molar-refractivity contribution >= 4 is 23.2 Å². The van der Waals surface area contributed by atoms with E-state index < -0.39 is 0 Å². The monoisotopic (exact) mass is 328 g/mol. The zero-order chi connectivity index (χ0) is 16.1. The molecule has 23 heavy (non-hydrogen) atoms. The molecule has 4 nitrogen and oxygen atoms in total. The number of likely N-dealkylation sites (tertiary alicyclic amines) is 1. The van der Waals surface area contributed by atoms with Crippen LogP contribution in [0, 0.1) is 0 Å². The van der Waals surface area contributed by atoms with Crippen molar-refractivity contribution in [2.75, 3.05) is 13.1 Å². The number of hydrogen-bond donors (Lipinski definition) is 1. The van der Waals surface area contributed by atoms with Gasteiger partial charge in [-0.3, -0.25) is 9.59 Å². The maximum Gasteiger partial charge on any atom is 0.242 e. The van der Waals surface area contributed by atoms with Gasteiger partial charge in [0.2, 0.25) is 11.8 Å². The van der Waals surface area contributed by atoms with Crippen LogP contribution in [0.15, 0.2) is 47.8 Å². The molecule has 1 unspecified atom stereocenters. The van der Waals surface area contributed by atoms with Gasteiger partial charge in [-0.1, -0.05) is 36.4 Å². The fraction of sp³-hybridized carbons (Fsp3) is 0.333. The number of rotatable bonds is 5. The number of carbonyl (C=O) groups is 2. The highest BCUT2D eigenvalue weighted by Gasteiger charge is 2.30. The van der Waals surface area contributed by atoms with Gasteiger partial charge in [0, 0.05) is 11.4 Å². The van der Waals surface area contributed by atoms with Crippen molar-refractivity contribution in [3.8, 4) is 0 Å². The molecule has 2 amide bonds. The van der Waals surface area contributed by atoms with Gasteiger partial charge in [0.05, 0.1) is 19.0 Å². The van der Waals surface area contributed by atoms with Crippen LogP contribution < -0.4 is 5.32 Å². The minimum Gasteiger partial charge on any atom is -0.347 e. The van der Waals surface area contributed by atoms with Crippen molar-refractivity contribution < 1.29 is 9.59 Å². The standard InChI is InChI=1S/C18H20N2O2S/c21-17(12-14-6-2-1-3-7-14)19-13-18(22)20-10-4-8-15(20)16-9-5-11-23-16/h1-3,5-7,9,11,15H,4,8,10,12-13H2,(H,19,21). The summed E-state index contributed by atoms with van der Waals surface area (Å²) in [5.74, 6) is -0.112. The van der Waals surface area contributed by atoms with Crippen molar-refractivity contribution in [3.05, 3.63) is 58.3 Å². The van der Waals surface area contributed by atoms with Crippen LogP contribution in [0.2, 0.25) is 0 Å². The van der Waals surface area contributed by atoms with Gasteiger partial charge in [0.15, 0.2) is 0 Å². The van der Waals surface area contributed by atoms with E-state index in [1.54, 1.807) is 11.3 Å². The Morgan fingerprint density at radius 1 is 1.17 bits per heavy atom. The Kier molecular flexibility index (Phi) is 5.08. The Balaban J connectivity index is 1.52. The molecule has 0 saturated carbocycles. The molecule has 0 aliphatic carbocycles. The maximum atomic E-state index is 12.4. The minimum absolute atomic E-state index is 0.00214. The van der Waals surface area contributed by atoms with E-state index in [1.165, 1.54) is 4.88 Å². The summed E-state index contributed by atoms with van der Waals surface area (Å²) in [4.78, 5) is 27.5. The molecule has 1 fully saturated rings. The topological polar surface area (TPSA) is 49.4 Å². The predicted molar refractivity (Wildman–Crippen MR) is 91.2 cm³/mol. The largest absolute Gasteiger partial charge is 0.347 e. The average molecular weight is 328 g/mol. The normalized spacial score (nSPS) is 17.2. The quantitative estimate of drug-likeness (QED) is 0.917. The average Bonchev–Trinajstić information content (AvgIpc) is 3.24. The molecule has 2 heterocycles. The third kappa shape index (κ3) is 3.99. The molecule has 1 atom stereocenters. The van der Waals surface area contributed by atoms with E-state index in [9.17, 15) is 9.59 Å². The minimum atomic E-state index is -0.114. The number of nitrogens with one attached hydrogen (secondary N) is 1. The fourth-order valence-electron chi connectivity index (χ4n) is 2.96. The Hall–Kier alpha value is -2.14. The summed E-state index contributed by atoms with van der Waals surface area (Å²) in [6.45, 7) is 0.851. The van der Waals surface area contributed by atoms with E-state index in [2.05, 4.69) is 11.4 Å². The summed E-state index contributed by atoms with van der Waals surface area (Å²) in [6, 6.07) is 13.8. The van der Waals surface area contributed by atoms with Crippen LogP contribution in [0.1, 0.15) is 29.3 Å². The van der Waals surface area contributed by atoms with E-state index in [1.807, 2.05) is 46.7 Å². The van der Waals surface area contributed by atoms with Gasteiger partial charge in [0.25, 0.3) is 0 Å². The van der Waals surface area contributed by atoms with Gasteiger partial charge >= 0.3 is 0 Å². The molecule has 5 heteroatoms. The molecule has 0 spiro atoms. The first-order valence-electron chi connectivity index (χ1n) is 7.87. The molecule has 120 valence electrons. The van der Waals surface area contributed by atoms with Crippen LogP contribution in [0.5, 0.6) is 0 Å². The van der Waals surface area contributed by atoms with Gasteiger partial charge in [0.1, 0.15) is 0 Å². The summed E-state index contributed by atoms with van der Waals surface area (Å²) in [6.07, 6.45) is 2.33. The third-order valence-corrected chi connectivity index (χ3v) is 5.06. The SMILES string of the molecule is O=C(Cc1ccccc1)NCC(=O)N1CCCC1c1cccs1. The van der Waals surface area contributed by atoms with Gasteiger partial charge in [-0.2, -0.15) is 0 Å². The van der Waals surface area contributed by atoms with Crippen LogP contribution in [0.4, 0.5) is 0 Å². The zero-order valence-corrected chi connectivity index (χ0v) is 13.7. The zero-order valence-electron chi connectivity index (χ0n) is 12.9. The van der Waals surface area contributed by atoms with Gasteiger partial charge in [-0.15, -0.1) is 11.3 Å². The number of carbonyl (C=O) groups excluding carboxylic acids is 2. The number of benzene rings is 1. The van der Waals surface area contributed by atoms with E-state index in [4.69, 9.17) is 0 Å². The van der Waals surface area contributed by atoms with E-state index >= 15 is 0 Å². The van der Waals surface area contributed by atoms with Crippen molar-refractivity contribution in [1.82, 2.24) is 10.2 Å².